The minimum absolute atomic E-state index is 0.0330. The maximum Gasteiger partial charge on any atom is 0.330 e. The molecule has 0 spiro atoms. The molecule has 0 bridgehead atoms. The minimum Gasteiger partial charge on any atom is -0.461 e. The molecular formula is C13H15FN4O2. The second kappa shape index (κ2) is 6.14. The molecule has 1 aromatic carbocycles. The van der Waals surface area contributed by atoms with Crippen molar-refractivity contribution in [1.82, 2.24) is 15.0 Å². The van der Waals surface area contributed by atoms with E-state index in [1.165, 1.54) is 18.2 Å². The fourth-order valence-corrected chi connectivity index (χ4v) is 1.39. The van der Waals surface area contributed by atoms with Crippen molar-refractivity contribution in [3.8, 4) is 17.8 Å². The van der Waals surface area contributed by atoms with Gasteiger partial charge in [0, 0.05) is 13.1 Å². The first-order valence-corrected chi connectivity index (χ1v) is 6.10. The van der Waals surface area contributed by atoms with Crippen LogP contribution in [0.15, 0.2) is 24.3 Å². The second-order valence-corrected chi connectivity index (χ2v) is 4.20. The molecule has 6 nitrogen and oxygen atoms in total. The minimum atomic E-state index is -0.399. The Hall–Kier alpha value is -2.44. The number of halogens is 1. The fourth-order valence-electron chi connectivity index (χ4n) is 1.39. The maximum atomic E-state index is 13.1. The fraction of sp³-hybridized carbons (Fsp3) is 0.308. The van der Waals surface area contributed by atoms with Crippen molar-refractivity contribution in [2.75, 3.05) is 12.4 Å². The summed E-state index contributed by atoms with van der Waals surface area (Å²) in [6.07, 6.45) is -0.0795. The number of nitrogens with one attached hydrogen (secondary N) is 1. The Morgan fingerprint density at radius 1 is 1.15 bits per heavy atom. The van der Waals surface area contributed by atoms with Gasteiger partial charge in [-0.25, -0.2) is 4.39 Å². The van der Waals surface area contributed by atoms with Gasteiger partial charge in [0.1, 0.15) is 11.6 Å². The first-order chi connectivity index (χ1) is 9.56. The molecule has 0 fully saturated rings. The average molecular weight is 278 g/mol. The smallest absolute Gasteiger partial charge is 0.330 e. The summed E-state index contributed by atoms with van der Waals surface area (Å²) in [5.74, 6) is 0.208. The summed E-state index contributed by atoms with van der Waals surface area (Å²) in [4.78, 5) is 12.1. The van der Waals surface area contributed by atoms with Gasteiger partial charge >= 0.3 is 12.0 Å². The summed E-state index contributed by atoms with van der Waals surface area (Å²) in [5, 5.41) is 2.78. The number of hydrogen-bond donors (Lipinski definition) is 1. The predicted molar refractivity (Wildman–Crippen MR) is 71.6 cm³/mol. The van der Waals surface area contributed by atoms with E-state index in [0.717, 1.165) is 0 Å². The summed E-state index contributed by atoms with van der Waals surface area (Å²) in [7, 11) is 1.67. The molecule has 0 atom stereocenters. The molecule has 0 aliphatic rings. The molecule has 0 aliphatic heterocycles. The lowest BCUT2D eigenvalue weighted by Gasteiger charge is -2.10. The van der Waals surface area contributed by atoms with Crippen LogP contribution >= 0.6 is 0 Å². The number of ether oxygens (including phenoxy) is 2. The van der Waals surface area contributed by atoms with E-state index in [1.807, 2.05) is 13.8 Å². The van der Waals surface area contributed by atoms with Gasteiger partial charge in [-0.05, 0) is 26.0 Å². The summed E-state index contributed by atoms with van der Waals surface area (Å²) in [5.41, 5.74) is 0. The monoisotopic (exact) mass is 278 g/mol. The highest BCUT2D eigenvalue weighted by atomic mass is 19.1. The van der Waals surface area contributed by atoms with Crippen molar-refractivity contribution in [2.45, 2.75) is 20.0 Å². The first kappa shape index (κ1) is 14.0. The Morgan fingerprint density at radius 2 is 1.90 bits per heavy atom. The molecule has 0 unspecified atom stereocenters. The summed E-state index contributed by atoms with van der Waals surface area (Å²) >= 11 is 0. The summed E-state index contributed by atoms with van der Waals surface area (Å²) < 4.78 is 23.9. The van der Waals surface area contributed by atoms with Crippen LogP contribution in [-0.2, 0) is 0 Å². The Morgan fingerprint density at radius 3 is 2.55 bits per heavy atom. The van der Waals surface area contributed by atoms with Gasteiger partial charge in [-0.3, -0.25) is 0 Å². The quantitative estimate of drug-likeness (QED) is 0.906. The average Bonchev–Trinajstić information content (AvgIpc) is 2.37. The molecule has 20 heavy (non-hydrogen) atoms. The molecule has 1 heterocycles. The van der Waals surface area contributed by atoms with Crippen LogP contribution in [0.25, 0.3) is 0 Å². The van der Waals surface area contributed by atoms with Crippen molar-refractivity contribution in [3.63, 3.8) is 0 Å². The number of anilines is 1. The molecule has 0 amide bonds. The normalized spacial score (nSPS) is 10.4. The lowest BCUT2D eigenvalue weighted by Crippen LogP contribution is -2.11. The highest BCUT2D eigenvalue weighted by molar-refractivity contribution is 5.30. The molecule has 0 saturated carbocycles. The van der Waals surface area contributed by atoms with Crippen LogP contribution < -0.4 is 14.8 Å². The summed E-state index contributed by atoms with van der Waals surface area (Å²) in [6.45, 7) is 3.71. The van der Waals surface area contributed by atoms with Gasteiger partial charge in [0.2, 0.25) is 5.95 Å². The van der Waals surface area contributed by atoms with Gasteiger partial charge in [-0.1, -0.05) is 6.07 Å². The lowest BCUT2D eigenvalue weighted by molar-refractivity contribution is 0.218. The molecular weight excluding hydrogens is 263 g/mol. The van der Waals surface area contributed by atoms with Crippen LogP contribution in [0.5, 0.6) is 17.8 Å². The number of rotatable bonds is 5. The van der Waals surface area contributed by atoms with Crippen LogP contribution in [0.4, 0.5) is 10.3 Å². The first-order valence-electron chi connectivity index (χ1n) is 6.10. The Balaban J connectivity index is 2.26. The zero-order valence-corrected chi connectivity index (χ0v) is 11.4. The molecule has 1 aromatic heterocycles. The predicted octanol–water partition coefficient (Wildman–Crippen LogP) is 2.63. The number of benzene rings is 1. The lowest BCUT2D eigenvalue weighted by atomic mass is 10.3. The van der Waals surface area contributed by atoms with Crippen molar-refractivity contribution >= 4 is 5.95 Å². The number of aromatic nitrogens is 3. The highest BCUT2D eigenvalue weighted by Crippen LogP contribution is 2.21. The van der Waals surface area contributed by atoms with E-state index in [-0.39, 0.29) is 18.1 Å². The molecule has 2 aromatic rings. The number of hydrogen-bond acceptors (Lipinski definition) is 6. The summed E-state index contributed by atoms with van der Waals surface area (Å²) in [6, 6.07) is 5.89. The van der Waals surface area contributed by atoms with Crippen LogP contribution in [0.1, 0.15) is 13.8 Å². The van der Waals surface area contributed by atoms with E-state index in [1.54, 1.807) is 13.1 Å². The Bertz CT molecular complexity index is 592. The van der Waals surface area contributed by atoms with E-state index < -0.39 is 5.82 Å². The molecule has 1 N–H and O–H groups in total. The van der Waals surface area contributed by atoms with Gasteiger partial charge in [0.25, 0.3) is 0 Å². The zero-order chi connectivity index (χ0) is 14.5. The molecule has 2 rings (SSSR count). The van der Waals surface area contributed by atoms with Crippen molar-refractivity contribution in [3.05, 3.63) is 30.1 Å². The highest BCUT2D eigenvalue weighted by Gasteiger charge is 2.10. The molecule has 106 valence electrons. The van der Waals surface area contributed by atoms with Gasteiger partial charge < -0.3 is 14.8 Å². The van der Waals surface area contributed by atoms with Gasteiger partial charge in [-0.2, -0.15) is 9.97 Å². The van der Waals surface area contributed by atoms with E-state index in [9.17, 15) is 4.39 Å². The third-order valence-corrected chi connectivity index (χ3v) is 2.16. The molecule has 0 radical (unpaired) electrons. The maximum absolute atomic E-state index is 13.1. The number of nitrogens with zero attached hydrogens (tertiary/aromatic N) is 3. The largest absolute Gasteiger partial charge is 0.461 e. The zero-order valence-electron chi connectivity index (χ0n) is 11.4. The van der Waals surface area contributed by atoms with E-state index in [2.05, 4.69) is 20.3 Å². The van der Waals surface area contributed by atoms with E-state index in [0.29, 0.717) is 11.7 Å². The van der Waals surface area contributed by atoms with Crippen molar-refractivity contribution < 1.29 is 13.9 Å². The Labute approximate surface area is 116 Å². The SMILES string of the molecule is CNc1nc(Oc2cccc(F)c2)nc(OC(C)C)n1. The van der Waals surface area contributed by atoms with E-state index >= 15 is 0 Å². The second-order valence-electron chi connectivity index (χ2n) is 4.20. The van der Waals surface area contributed by atoms with Crippen LogP contribution in [-0.4, -0.2) is 28.1 Å². The third kappa shape index (κ3) is 3.78. The van der Waals surface area contributed by atoms with Gasteiger partial charge in [-0.15, -0.1) is 4.98 Å². The standard InChI is InChI=1S/C13H15FN4O2/c1-8(2)19-12-16-11(15-3)17-13(18-12)20-10-6-4-5-9(14)7-10/h4-8H,1-3H3,(H,15,16,17,18). The Kier molecular flexibility index (Phi) is 4.29. The molecule has 7 heteroatoms. The van der Waals surface area contributed by atoms with Crippen LogP contribution in [0.2, 0.25) is 0 Å². The van der Waals surface area contributed by atoms with Crippen molar-refractivity contribution in [2.24, 2.45) is 0 Å². The molecule has 0 saturated heterocycles. The third-order valence-electron chi connectivity index (χ3n) is 2.16. The van der Waals surface area contributed by atoms with Crippen LogP contribution in [0.3, 0.4) is 0 Å². The molecule has 0 aliphatic carbocycles. The van der Waals surface area contributed by atoms with Gasteiger partial charge in [0.05, 0.1) is 6.10 Å². The van der Waals surface area contributed by atoms with Crippen LogP contribution in [0, 0.1) is 5.82 Å². The van der Waals surface area contributed by atoms with Crippen molar-refractivity contribution in [1.29, 1.82) is 0 Å². The van der Waals surface area contributed by atoms with E-state index in [4.69, 9.17) is 9.47 Å². The van der Waals surface area contributed by atoms with Gasteiger partial charge in [0.15, 0.2) is 0 Å². The topological polar surface area (TPSA) is 69.2 Å².